The minimum absolute atomic E-state index is 0.521. The Bertz CT molecular complexity index is 1180. The Morgan fingerprint density at radius 2 is 2.03 bits per heavy atom. The molecule has 1 saturated heterocycles. The second-order valence-corrected chi connectivity index (χ2v) is 9.14. The quantitative estimate of drug-likeness (QED) is 0.403. The third kappa shape index (κ3) is 6.31. The third-order valence-electron chi connectivity index (χ3n) is 6.50. The highest BCUT2D eigenvalue weighted by Gasteiger charge is 2.15. The first-order valence-electron chi connectivity index (χ1n) is 12.8. The van der Waals surface area contributed by atoms with Crippen LogP contribution in [0.25, 0.3) is 0 Å². The molecule has 5 rings (SSSR count). The zero-order chi connectivity index (χ0) is 24.6. The number of aromatic nitrogens is 2. The minimum Gasteiger partial charge on any atom is -0.493 e. The summed E-state index contributed by atoms with van der Waals surface area (Å²) in [6.07, 6.45) is 15.7. The lowest BCUT2D eigenvalue weighted by Crippen LogP contribution is -2.21. The van der Waals surface area contributed by atoms with E-state index in [1.165, 1.54) is 31.5 Å². The van der Waals surface area contributed by atoms with E-state index >= 15 is 0 Å². The first-order chi connectivity index (χ1) is 17.8. The van der Waals surface area contributed by atoms with Crippen molar-refractivity contribution in [1.29, 1.82) is 0 Å². The maximum absolute atomic E-state index is 6.06. The number of rotatable bonds is 12. The molecular formula is C28H34N6O2. The van der Waals surface area contributed by atoms with Crippen LogP contribution in [0.1, 0.15) is 32.1 Å². The lowest BCUT2D eigenvalue weighted by atomic mass is 10.1. The number of hydrogen-bond donors (Lipinski definition) is 2. The number of methoxy groups -OCH3 is 1. The summed E-state index contributed by atoms with van der Waals surface area (Å²) < 4.78 is 11.6. The van der Waals surface area contributed by atoms with Crippen molar-refractivity contribution >= 4 is 23.2 Å². The van der Waals surface area contributed by atoms with Crippen molar-refractivity contribution in [2.24, 2.45) is 4.99 Å². The van der Waals surface area contributed by atoms with Gasteiger partial charge in [-0.25, -0.2) is 4.98 Å². The summed E-state index contributed by atoms with van der Waals surface area (Å²) in [5.74, 6) is 2.72. The van der Waals surface area contributed by atoms with Gasteiger partial charge in [0.1, 0.15) is 5.82 Å². The highest BCUT2D eigenvalue weighted by atomic mass is 16.5. The molecule has 0 radical (unpaired) electrons. The van der Waals surface area contributed by atoms with Gasteiger partial charge in [0.05, 0.1) is 19.4 Å². The van der Waals surface area contributed by atoms with Gasteiger partial charge in [-0.05, 0) is 74.7 Å². The monoisotopic (exact) mass is 486 g/mol. The predicted molar refractivity (Wildman–Crippen MR) is 145 cm³/mol. The van der Waals surface area contributed by atoms with Gasteiger partial charge in [-0.15, -0.1) is 0 Å². The number of fused-ring (bicyclic) bond motifs is 1. The van der Waals surface area contributed by atoms with E-state index < -0.39 is 0 Å². The summed E-state index contributed by atoms with van der Waals surface area (Å²) in [6, 6.07) is 7.65. The topological polar surface area (TPSA) is 83.9 Å². The molecule has 8 nitrogen and oxygen atoms in total. The molecule has 188 valence electrons. The lowest BCUT2D eigenvalue weighted by molar-refractivity contribution is 0.254. The fourth-order valence-corrected chi connectivity index (χ4v) is 4.63. The van der Waals surface area contributed by atoms with Gasteiger partial charge in [0.2, 0.25) is 5.95 Å². The van der Waals surface area contributed by atoms with E-state index in [0.717, 1.165) is 61.0 Å². The smallest absolute Gasteiger partial charge is 0.229 e. The number of likely N-dealkylation sites (tertiary alicyclic amines) is 1. The SMILES string of the molecule is COc1ccc(Nc2nccc(NCCC3=NC4=CC=CCC4=C3)n2)cc1OCCCN1CCCC1. The molecular weight excluding hydrogens is 452 g/mol. The zero-order valence-corrected chi connectivity index (χ0v) is 20.9. The fraction of sp³-hybridized carbons (Fsp3) is 0.393. The summed E-state index contributed by atoms with van der Waals surface area (Å²) in [5.41, 5.74) is 4.34. The molecule has 0 amide bonds. The molecule has 0 atom stereocenters. The van der Waals surface area contributed by atoms with E-state index in [1.54, 1.807) is 13.3 Å². The first-order valence-corrected chi connectivity index (χ1v) is 12.8. The molecule has 0 spiro atoms. The summed E-state index contributed by atoms with van der Waals surface area (Å²) in [5, 5.41) is 6.66. The van der Waals surface area contributed by atoms with Gasteiger partial charge in [0.15, 0.2) is 11.5 Å². The largest absolute Gasteiger partial charge is 0.493 e. The standard InChI is InChI=1S/C28H34N6O2/c1-35-25-10-9-22(20-26(25)36-18-6-17-34-15-4-5-16-34)32-28-30-14-12-27(33-28)29-13-11-23-19-21-7-2-3-8-24(21)31-23/h2-3,8-10,12,14,19-20H,4-7,11,13,15-18H2,1H3,(H2,29,30,32,33). The summed E-state index contributed by atoms with van der Waals surface area (Å²) in [6.45, 7) is 4.90. The number of benzene rings is 1. The van der Waals surface area contributed by atoms with E-state index in [-0.39, 0.29) is 0 Å². The average molecular weight is 487 g/mol. The van der Waals surface area contributed by atoms with Crippen LogP contribution in [0.15, 0.2) is 71.0 Å². The molecule has 2 aromatic rings. The maximum atomic E-state index is 6.06. The summed E-state index contributed by atoms with van der Waals surface area (Å²) >= 11 is 0. The predicted octanol–water partition coefficient (Wildman–Crippen LogP) is 5.12. The van der Waals surface area contributed by atoms with Gasteiger partial charge >= 0.3 is 0 Å². The number of aliphatic imine (C=N–C) groups is 1. The molecule has 0 unspecified atom stereocenters. The molecule has 8 heteroatoms. The Morgan fingerprint density at radius 3 is 2.89 bits per heavy atom. The van der Waals surface area contributed by atoms with E-state index in [0.29, 0.717) is 18.3 Å². The van der Waals surface area contributed by atoms with Gasteiger partial charge in [0.25, 0.3) is 0 Å². The van der Waals surface area contributed by atoms with Gasteiger partial charge < -0.3 is 25.0 Å². The molecule has 1 aromatic heterocycles. The maximum Gasteiger partial charge on any atom is 0.229 e. The van der Waals surface area contributed by atoms with Gasteiger partial charge in [-0.2, -0.15) is 4.98 Å². The normalized spacial score (nSPS) is 16.8. The van der Waals surface area contributed by atoms with Crippen LogP contribution in [0.4, 0.5) is 17.5 Å². The zero-order valence-electron chi connectivity index (χ0n) is 20.9. The van der Waals surface area contributed by atoms with E-state index in [4.69, 9.17) is 14.5 Å². The molecule has 2 aliphatic heterocycles. The van der Waals surface area contributed by atoms with Crippen LogP contribution in [-0.4, -0.2) is 60.5 Å². The van der Waals surface area contributed by atoms with Crippen LogP contribution < -0.4 is 20.1 Å². The molecule has 1 aromatic carbocycles. The third-order valence-corrected chi connectivity index (χ3v) is 6.50. The molecule has 3 aliphatic rings. The van der Waals surface area contributed by atoms with Crippen LogP contribution in [0, 0.1) is 0 Å². The Morgan fingerprint density at radius 1 is 1.11 bits per heavy atom. The number of hydrogen-bond acceptors (Lipinski definition) is 8. The second kappa shape index (κ2) is 11.9. The Hall–Kier alpha value is -3.65. The molecule has 1 fully saturated rings. The van der Waals surface area contributed by atoms with Crippen molar-refractivity contribution in [3.8, 4) is 11.5 Å². The number of nitrogens with zero attached hydrogens (tertiary/aromatic N) is 4. The van der Waals surface area contributed by atoms with Crippen LogP contribution in [0.3, 0.4) is 0 Å². The van der Waals surface area contributed by atoms with Crippen LogP contribution >= 0.6 is 0 Å². The van der Waals surface area contributed by atoms with Crippen molar-refractivity contribution in [2.75, 3.05) is 50.5 Å². The van der Waals surface area contributed by atoms with E-state index in [2.05, 4.69) is 49.8 Å². The average Bonchev–Trinajstić information content (AvgIpc) is 3.57. The van der Waals surface area contributed by atoms with Gasteiger partial charge in [-0.1, -0.05) is 12.2 Å². The van der Waals surface area contributed by atoms with Crippen molar-refractivity contribution < 1.29 is 9.47 Å². The molecule has 1 aliphatic carbocycles. The first kappa shape index (κ1) is 24.1. The Kier molecular flexibility index (Phi) is 7.93. The number of anilines is 3. The van der Waals surface area contributed by atoms with Crippen molar-refractivity contribution in [3.63, 3.8) is 0 Å². The Labute approximate surface area is 212 Å². The Balaban J connectivity index is 1.13. The van der Waals surface area contributed by atoms with E-state index in [9.17, 15) is 0 Å². The highest BCUT2D eigenvalue weighted by Crippen LogP contribution is 2.31. The summed E-state index contributed by atoms with van der Waals surface area (Å²) in [4.78, 5) is 16.2. The molecule has 0 bridgehead atoms. The van der Waals surface area contributed by atoms with Gasteiger partial charge in [0, 0.05) is 43.2 Å². The van der Waals surface area contributed by atoms with Crippen LogP contribution in [-0.2, 0) is 0 Å². The van der Waals surface area contributed by atoms with Crippen LogP contribution in [0.5, 0.6) is 11.5 Å². The second-order valence-electron chi connectivity index (χ2n) is 9.14. The number of ether oxygens (including phenoxy) is 2. The minimum atomic E-state index is 0.521. The van der Waals surface area contributed by atoms with Crippen molar-refractivity contribution in [2.45, 2.75) is 32.1 Å². The lowest BCUT2D eigenvalue weighted by Gasteiger charge is -2.16. The summed E-state index contributed by atoms with van der Waals surface area (Å²) in [7, 11) is 1.66. The molecule has 0 saturated carbocycles. The fourth-order valence-electron chi connectivity index (χ4n) is 4.63. The molecule has 3 heterocycles. The van der Waals surface area contributed by atoms with Crippen LogP contribution in [0.2, 0.25) is 0 Å². The molecule has 36 heavy (non-hydrogen) atoms. The van der Waals surface area contributed by atoms with Gasteiger partial charge in [-0.3, -0.25) is 4.99 Å². The van der Waals surface area contributed by atoms with E-state index in [1.807, 2.05) is 24.3 Å². The van der Waals surface area contributed by atoms with Crippen molar-refractivity contribution in [3.05, 3.63) is 66.0 Å². The highest BCUT2D eigenvalue weighted by molar-refractivity contribution is 6.00. The van der Waals surface area contributed by atoms with Crippen molar-refractivity contribution in [1.82, 2.24) is 14.9 Å². The molecule has 2 N–H and O–H groups in total. The number of allylic oxidation sites excluding steroid dienone is 5. The number of nitrogens with one attached hydrogen (secondary N) is 2.